The van der Waals surface area contributed by atoms with Crippen LogP contribution in [-0.2, 0) is 10.0 Å². The van der Waals surface area contributed by atoms with E-state index < -0.39 is 10.0 Å². The summed E-state index contributed by atoms with van der Waals surface area (Å²) in [6.45, 7) is 0.722. The van der Waals surface area contributed by atoms with Crippen LogP contribution >= 0.6 is 0 Å². The molecule has 112 valence electrons. The molecule has 0 heterocycles. The molecule has 1 aromatic rings. The Bertz CT molecular complexity index is 528. The summed E-state index contributed by atoms with van der Waals surface area (Å²) in [5, 5.41) is 13.2. The summed E-state index contributed by atoms with van der Waals surface area (Å²) in [5.41, 5.74) is 0.873. The maximum atomic E-state index is 11.6. The molecule has 1 saturated carbocycles. The Morgan fingerprint density at radius 1 is 1.20 bits per heavy atom. The average molecular weight is 298 g/mol. The first kappa shape index (κ1) is 15.3. The molecule has 1 aliphatic carbocycles. The van der Waals surface area contributed by atoms with Gasteiger partial charge in [0.1, 0.15) is 0 Å². The van der Waals surface area contributed by atoms with E-state index in [0.29, 0.717) is 0 Å². The Morgan fingerprint density at radius 3 is 2.45 bits per heavy atom. The summed E-state index contributed by atoms with van der Waals surface area (Å²) in [7, 11) is -1.98. The highest BCUT2D eigenvalue weighted by Crippen LogP contribution is 2.25. The molecule has 1 fully saturated rings. The van der Waals surface area contributed by atoms with Crippen LogP contribution in [0.1, 0.15) is 25.7 Å². The molecule has 3 N–H and O–H groups in total. The SMILES string of the molecule is CNS(=O)(=O)c1ccc(NCC2CCCCC2O)cc1. The van der Waals surface area contributed by atoms with Crippen molar-refractivity contribution in [2.45, 2.75) is 36.7 Å². The van der Waals surface area contributed by atoms with Crippen molar-refractivity contribution >= 4 is 15.7 Å². The molecule has 1 aliphatic rings. The van der Waals surface area contributed by atoms with Gasteiger partial charge in [0.25, 0.3) is 0 Å². The Balaban J connectivity index is 1.94. The quantitative estimate of drug-likeness (QED) is 0.771. The third-order valence-corrected chi connectivity index (χ3v) is 5.30. The summed E-state index contributed by atoms with van der Waals surface area (Å²) in [6.07, 6.45) is 3.98. The van der Waals surface area contributed by atoms with Gasteiger partial charge in [-0.1, -0.05) is 12.8 Å². The lowest BCUT2D eigenvalue weighted by Crippen LogP contribution is -2.30. The molecular formula is C14H22N2O3S. The van der Waals surface area contributed by atoms with Gasteiger partial charge >= 0.3 is 0 Å². The zero-order valence-electron chi connectivity index (χ0n) is 11.7. The van der Waals surface area contributed by atoms with Crippen molar-refractivity contribution in [3.8, 4) is 0 Å². The minimum atomic E-state index is -3.38. The minimum absolute atomic E-state index is 0.222. The van der Waals surface area contributed by atoms with Crippen molar-refractivity contribution in [3.05, 3.63) is 24.3 Å². The molecule has 2 atom stereocenters. The summed E-state index contributed by atoms with van der Waals surface area (Å²) in [6, 6.07) is 6.65. The van der Waals surface area contributed by atoms with Crippen LogP contribution in [0, 0.1) is 5.92 Å². The summed E-state index contributed by atoms with van der Waals surface area (Å²) >= 11 is 0. The number of aliphatic hydroxyl groups excluding tert-OH is 1. The van der Waals surface area contributed by atoms with E-state index in [-0.39, 0.29) is 16.9 Å². The maximum Gasteiger partial charge on any atom is 0.240 e. The van der Waals surface area contributed by atoms with E-state index >= 15 is 0 Å². The Labute approximate surface area is 120 Å². The fourth-order valence-electron chi connectivity index (χ4n) is 2.54. The molecule has 0 radical (unpaired) electrons. The Kier molecular flexibility index (Phi) is 5.01. The number of sulfonamides is 1. The highest BCUT2D eigenvalue weighted by atomic mass is 32.2. The second kappa shape index (κ2) is 6.56. The fourth-order valence-corrected chi connectivity index (χ4v) is 3.28. The first-order valence-electron chi connectivity index (χ1n) is 6.98. The predicted octanol–water partition coefficient (Wildman–Crippen LogP) is 1.56. The van der Waals surface area contributed by atoms with Gasteiger partial charge in [0.2, 0.25) is 10.0 Å². The van der Waals surface area contributed by atoms with E-state index in [1.807, 2.05) is 0 Å². The van der Waals surface area contributed by atoms with Gasteiger partial charge in [-0.25, -0.2) is 13.1 Å². The van der Waals surface area contributed by atoms with Crippen LogP contribution in [-0.4, -0.2) is 33.2 Å². The topological polar surface area (TPSA) is 78.4 Å². The molecule has 0 aromatic heterocycles. The van der Waals surface area contributed by atoms with Crippen molar-refractivity contribution in [1.82, 2.24) is 4.72 Å². The number of hydrogen-bond donors (Lipinski definition) is 3. The van der Waals surface area contributed by atoms with Gasteiger partial charge in [0.05, 0.1) is 11.0 Å². The molecule has 1 aromatic carbocycles. The molecular weight excluding hydrogens is 276 g/mol. The minimum Gasteiger partial charge on any atom is -0.393 e. The van der Waals surface area contributed by atoms with Crippen molar-refractivity contribution in [3.63, 3.8) is 0 Å². The van der Waals surface area contributed by atoms with Crippen LogP contribution in [0.3, 0.4) is 0 Å². The molecule has 0 aliphatic heterocycles. The lowest BCUT2D eigenvalue weighted by atomic mass is 9.86. The molecule has 2 unspecified atom stereocenters. The van der Waals surface area contributed by atoms with Crippen LogP contribution in [0.4, 0.5) is 5.69 Å². The van der Waals surface area contributed by atoms with Gasteiger partial charge in [0.15, 0.2) is 0 Å². The number of nitrogens with one attached hydrogen (secondary N) is 2. The molecule has 0 bridgehead atoms. The molecule has 0 saturated heterocycles. The molecule has 20 heavy (non-hydrogen) atoms. The van der Waals surface area contributed by atoms with E-state index in [4.69, 9.17) is 0 Å². The highest BCUT2D eigenvalue weighted by Gasteiger charge is 2.22. The van der Waals surface area contributed by atoms with Crippen molar-refractivity contribution in [2.24, 2.45) is 5.92 Å². The molecule has 0 amide bonds. The first-order valence-corrected chi connectivity index (χ1v) is 8.47. The molecule has 6 heteroatoms. The predicted molar refractivity (Wildman–Crippen MR) is 79.1 cm³/mol. The summed E-state index contributed by atoms with van der Waals surface area (Å²) in [5.74, 6) is 0.282. The average Bonchev–Trinajstić information content (AvgIpc) is 2.47. The van der Waals surface area contributed by atoms with E-state index in [1.54, 1.807) is 24.3 Å². The maximum absolute atomic E-state index is 11.6. The Morgan fingerprint density at radius 2 is 1.85 bits per heavy atom. The molecule has 5 nitrogen and oxygen atoms in total. The lowest BCUT2D eigenvalue weighted by molar-refractivity contribution is 0.0763. The zero-order valence-corrected chi connectivity index (χ0v) is 12.5. The lowest BCUT2D eigenvalue weighted by Gasteiger charge is -2.28. The zero-order chi connectivity index (χ0) is 14.6. The first-order chi connectivity index (χ1) is 9.53. The van der Waals surface area contributed by atoms with Crippen LogP contribution in [0.15, 0.2) is 29.2 Å². The third-order valence-electron chi connectivity index (χ3n) is 3.87. The van der Waals surface area contributed by atoms with Gasteiger partial charge in [0, 0.05) is 18.2 Å². The fraction of sp³-hybridized carbons (Fsp3) is 0.571. The van der Waals surface area contributed by atoms with E-state index in [1.165, 1.54) is 13.5 Å². The van der Waals surface area contributed by atoms with Gasteiger partial charge in [-0.3, -0.25) is 0 Å². The highest BCUT2D eigenvalue weighted by molar-refractivity contribution is 7.89. The Hall–Kier alpha value is -1.11. The monoisotopic (exact) mass is 298 g/mol. The summed E-state index contributed by atoms with van der Waals surface area (Å²) in [4.78, 5) is 0.253. The second-order valence-electron chi connectivity index (χ2n) is 5.22. The van der Waals surface area contributed by atoms with Gasteiger partial charge in [-0.05, 0) is 44.2 Å². The number of hydrogen-bond acceptors (Lipinski definition) is 4. The number of aliphatic hydroxyl groups is 1. The van der Waals surface area contributed by atoms with Gasteiger partial charge < -0.3 is 10.4 Å². The standard InChI is InChI=1S/C14H22N2O3S/c1-15-20(18,19)13-8-6-12(7-9-13)16-10-11-4-2-3-5-14(11)17/h6-9,11,14-17H,2-5,10H2,1H3. The van der Waals surface area contributed by atoms with Crippen molar-refractivity contribution in [1.29, 1.82) is 0 Å². The van der Waals surface area contributed by atoms with E-state index in [9.17, 15) is 13.5 Å². The van der Waals surface area contributed by atoms with E-state index in [0.717, 1.165) is 31.5 Å². The van der Waals surface area contributed by atoms with E-state index in [2.05, 4.69) is 10.0 Å². The van der Waals surface area contributed by atoms with Crippen LogP contribution in [0.2, 0.25) is 0 Å². The summed E-state index contributed by atoms with van der Waals surface area (Å²) < 4.78 is 25.5. The third kappa shape index (κ3) is 3.71. The second-order valence-corrected chi connectivity index (χ2v) is 7.11. The largest absolute Gasteiger partial charge is 0.393 e. The van der Waals surface area contributed by atoms with Gasteiger partial charge in [-0.2, -0.15) is 0 Å². The normalized spacial score (nSPS) is 23.5. The van der Waals surface area contributed by atoms with Crippen molar-refractivity contribution < 1.29 is 13.5 Å². The number of anilines is 1. The smallest absolute Gasteiger partial charge is 0.240 e. The number of benzene rings is 1. The molecule has 0 spiro atoms. The van der Waals surface area contributed by atoms with Crippen LogP contribution in [0.25, 0.3) is 0 Å². The molecule has 2 rings (SSSR count). The number of rotatable bonds is 5. The van der Waals surface area contributed by atoms with Crippen LogP contribution < -0.4 is 10.0 Å². The van der Waals surface area contributed by atoms with Crippen LogP contribution in [0.5, 0.6) is 0 Å². The van der Waals surface area contributed by atoms with Gasteiger partial charge in [-0.15, -0.1) is 0 Å². The van der Waals surface area contributed by atoms with Crippen molar-refractivity contribution in [2.75, 3.05) is 18.9 Å².